The highest BCUT2D eigenvalue weighted by Gasteiger charge is 2.16. The van der Waals surface area contributed by atoms with E-state index < -0.39 is 29.0 Å². The molecular formula is C17H23N3O8. The molecule has 0 unspecified atom stereocenters. The molecule has 0 spiro atoms. The monoisotopic (exact) mass is 397 g/mol. The Morgan fingerprint density at radius 3 is 1.46 bits per heavy atom. The van der Waals surface area contributed by atoms with Crippen LogP contribution in [0.4, 0.5) is 0 Å². The molecule has 154 valence electrons. The van der Waals surface area contributed by atoms with Gasteiger partial charge in [0.25, 0.3) is 0 Å². The van der Waals surface area contributed by atoms with E-state index in [0.717, 1.165) is 25.9 Å². The van der Waals surface area contributed by atoms with Crippen molar-refractivity contribution in [3.05, 3.63) is 56.8 Å². The highest BCUT2D eigenvalue weighted by atomic mass is 16.5. The first-order valence-electron chi connectivity index (χ1n) is 8.47. The normalized spacial score (nSPS) is 10.3. The standard InChI is InChI=1S/C17H23N3O8/c1-4-13(21)27-11-8-19-15(23)18(7-10-26-6-3)16(24)20(17(19)25)9-12-28-14(22)5-2/h4-5H,1-2,6-12H2,3H3. The number of carbonyl (C=O) groups excluding carboxylic acids is 2. The van der Waals surface area contributed by atoms with E-state index in [1.165, 1.54) is 0 Å². The van der Waals surface area contributed by atoms with Crippen LogP contribution in [0.25, 0.3) is 0 Å². The Hall–Kier alpha value is -3.21. The zero-order valence-corrected chi connectivity index (χ0v) is 15.6. The van der Waals surface area contributed by atoms with Crippen LogP contribution in [-0.2, 0) is 43.4 Å². The third-order valence-corrected chi connectivity index (χ3v) is 3.50. The van der Waals surface area contributed by atoms with Crippen LogP contribution in [0.2, 0.25) is 0 Å². The summed E-state index contributed by atoms with van der Waals surface area (Å²) in [6, 6.07) is 0. The highest BCUT2D eigenvalue weighted by Crippen LogP contribution is 1.85. The van der Waals surface area contributed by atoms with Crippen molar-refractivity contribution in [2.24, 2.45) is 0 Å². The predicted molar refractivity (Wildman–Crippen MR) is 98.0 cm³/mol. The van der Waals surface area contributed by atoms with Gasteiger partial charge in [0.1, 0.15) is 13.2 Å². The van der Waals surface area contributed by atoms with Gasteiger partial charge in [-0.3, -0.25) is 0 Å². The summed E-state index contributed by atoms with van der Waals surface area (Å²) in [6.45, 7) is 7.56. The molecule has 0 fully saturated rings. The third-order valence-electron chi connectivity index (χ3n) is 3.50. The molecule has 0 aliphatic rings. The summed E-state index contributed by atoms with van der Waals surface area (Å²) in [6.07, 6.45) is 1.88. The first kappa shape index (κ1) is 22.8. The van der Waals surface area contributed by atoms with Crippen molar-refractivity contribution in [2.75, 3.05) is 26.4 Å². The van der Waals surface area contributed by atoms with Crippen LogP contribution >= 0.6 is 0 Å². The molecule has 1 aromatic heterocycles. The summed E-state index contributed by atoms with van der Waals surface area (Å²) in [5.74, 6) is -1.43. The summed E-state index contributed by atoms with van der Waals surface area (Å²) in [5, 5.41) is 0. The second-order valence-corrected chi connectivity index (χ2v) is 5.24. The van der Waals surface area contributed by atoms with Crippen molar-refractivity contribution in [3.63, 3.8) is 0 Å². The molecule has 0 amide bonds. The predicted octanol–water partition coefficient (Wildman–Crippen LogP) is -1.33. The number of nitrogens with zero attached hydrogens (tertiary/aromatic N) is 3. The topological polar surface area (TPSA) is 128 Å². The Balaban J connectivity index is 3.22. The minimum atomic E-state index is -0.910. The Morgan fingerprint density at radius 1 is 0.786 bits per heavy atom. The molecule has 1 aromatic rings. The molecule has 1 rings (SSSR count). The van der Waals surface area contributed by atoms with E-state index in [0.29, 0.717) is 6.61 Å². The molecule has 0 radical (unpaired) electrons. The van der Waals surface area contributed by atoms with Gasteiger partial charge in [-0.1, -0.05) is 13.2 Å². The molecule has 0 aliphatic carbocycles. The Bertz CT molecular complexity index is 829. The molecule has 11 nitrogen and oxygen atoms in total. The highest BCUT2D eigenvalue weighted by molar-refractivity contribution is 5.81. The molecule has 0 bridgehead atoms. The maximum atomic E-state index is 12.5. The van der Waals surface area contributed by atoms with E-state index in [1.807, 2.05) is 0 Å². The van der Waals surface area contributed by atoms with Gasteiger partial charge in [-0.15, -0.1) is 0 Å². The molecule has 11 heteroatoms. The van der Waals surface area contributed by atoms with E-state index in [2.05, 4.69) is 13.2 Å². The lowest BCUT2D eigenvalue weighted by atomic mass is 10.5. The number of aromatic nitrogens is 3. The van der Waals surface area contributed by atoms with Crippen LogP contribution in [0.5, 0.6) is 0 Å². The Labute approximate surface area is 160 Å². The first-order chi connectivity index (χ1) is 13.4. The minimum absolute atomic E-state index is 0.0787. The number of hydrogen-bond acceptors (Lipinski definition) is 8. The lowest BCUT2D eigenvalue weighted by Crippen LogP contribution is -2.55. The van der Waals surface area contributed by atoms with Crippen molar-refractivity contribution in [2.45, 2.75) is 26.6 Å². The van der Waals surface area contributed by atoms with E-state index in [4.69, 9.17) is 14.2 Å². The van der Waals surface area contributed by atoms with Crippen molar-refractivity contribution >= 4 is 11.9 Å². The number of carbonyl (C=O) groups is 2. The maximum Gasteiger partial charge on any atom is 0.336 e. The first-order valence-corrected chi connectivity index (χ1v) is 8.47. The largest absolute Gasteiger partial charge is 0.461 e. The van der Waals surface area contributed by atoms with Crippen molar-refractivity contribution in [1.82, 2.24) is 13.7 Å². The fourth-order valence-corrected chi connectivity index (χ4v) is 2.15. The molecule has 0 atom stereocenters. The fraction of sp³-hybridized carbons (Fsp3) is 0.471. The summed E-state index contributed by atoms with van der Waals surface area (Å²) in [7, 11) is 0. The van der Waals surface area contributed by atoms with Gasteiger partial charge in [-0.2, -0.15) is 0 Å². The van der Waals surface area contributed by atoms with E-state index in [9.17, 15) is 24.0 Å². The fourth-order valence-electron chi connectivity index (χ4n) is 2.15. The molecule has 0 aliphatic heterocycles. The quantitative estimate of drug-likeness (QED) is 0.241. The summed E-state index contributed by atoms with van der Waals surface area (Å²) in [5.41, 5.74) is -2.63. The van der Waals surface area contributed by atoms with Gasteiger partial charge < -0.3 is 14.2 Å². The van der Waals surface area contributed by atoms with Gasteiger partial charge in [0.2, 0.25) is 0 Å². The molecule has 0 N–H and O–H groups in total. The lowest BCUT2D eigenvalue weighted by molar-refractivity contribution is -0.138. The van der Waals surface area contributed by atoms with E-state index in [-0.39, 0.29) is 39.5 Å². The van der Waals surface area contributed by atoms with E-state index in [1.54, 1.807) is 6.92 Å². The maximum absolute atomic E-state index is 12.5. The van der Waals surface area contributed by atoms with Crippen LogP contribution in [0.3, 0.4) is 0 Å². The van der Waals surface area contributed by atoms with Crippen molar-refractivity contribution < 1.29 is 23.8 Å². The van der Waals surface area contributed by atoms with Gasteiger partial charge >= 0.3 is 29.0 Å². The SMILES string of the molecule is C=CC(=O)OCCn1c(=O)n(CCOCC)c(=O)n(CCOC(=O)C=C)c1=O. The summed E-state index contributed by atoms with van der Waals surface area (Å²) >= 11 is 0. The van der Waals surface area contributed by atoms with Crippen LogP contribution in [0.1, 0.15) is 6.92 Å². The molecule has 0 saturated carbocycles. The zero-order valence-electron chi connectivity index (χ0n) is 15.6. The van der Waals surface area contributed by atoms with Gasteiger partial charge in [-0.05, 0) is 6.92 Å². The van der Waals surface area contributed by atoms with E-state index >= 15 is 0 Å². The molecule has 1 heterocycles. The van der Waals surface area contributed by atoms with Crippen molar-refractivity contribution in [3.8, 4) is 0 Å². The van der Waals surface area contributed by atoms with Crippen LogP contribution in [-0.4, -0.2) is 52.1 Å². The molecular weight excluding hydrogens is 374 g/mol. The molecule has 0 saturated heterocycles. The number of esters is 2. The molecule has 28 heavy (non-hydrogen) atoms. The average molecular weight is 397 g/mol. The number of hydrogen-bond donors (Lipinski definition) is 0. The van der Waals surface area contributed by atoms with Crippen LogP contribution in [0, 0.1) is 0 Å². The van der Waals surface area contributed by atoms with Crippen molar-refractivity contribution in [1.29, 1.82) is 0 Å². The Morgan fingerprint density at radius 2 is 1.14 bits per heavy atom. The van der Waals surface area contributed by atoms with Gasteiger partial charge in [0.05, 0.1) is 26.2 Å². The van der Waals surface area contributed by atoms with Gasteiger partial charge in [-0.25, -0.2) is 37.7 Å². The van der Waals surface area contributed by atoms with Crippen LogP contribution < -0.4 is 17.1 Å². The van der Waals surface area contributed by atoms with Gasteiger partial charge in [0.15, 0.2) is 0 Å². The average Bonchev–Trinajstić information content (AvgIpc) is 2.69. The summed E-state index contributed by atoms with van der Waals surface area (Å²) < 4.78 is 17.1. The number of ether oxygens (including phenoxy) is 3. The second-order valence-electron chi connectivity index (χ2n) is 5.24. The van der Waals surface area contributed by atoms with Gasteiger partial charge in [0, 0.05) is 18.8 Å². The minimum Gasteiger partial charge on any atom is -0.461 e. The second kappa shape index (κ2) is 11.5. The zero-order chi connectivity index (χ0) is 21.1. The van der Waals surface area contributed by atoms with Crippen LogP contribution in [0.15, 0.2) is 39.7 Å². The summed E-state index contributed by atoms with van der Waals surface area (Å²) in [4.78, 5) is 59.9. The Kier molecular flexibility index (Phi) is 9.37. The smallest absolute Gasteiger partial charge is 0.336 e. The molecule has 0 aromatic carbocycles. The third kappa shape index (κ3) is 6.20. The number of rotatable bonds is 12. The lowest BCUT2D eigenvalue weighted by Gasteiger charge is -2.14.